The summed E-state index contributed by atoms with van der Waals surface area (Å²) in [4.78, 5) is 4.29. The van der Waals surface area contributed by atoms with Crippen molar-refractivity contribution in [2.24, 2.45) is 0 Å². The summed E-state index contributed by atoms with van der Waals surface area (Å²) in [7, 11) is 0. The van der Waals surface area contributed by atoms with Crippen molar-refractivity contribution in [3.05, 3.63) is 48.0 Å². The summed E-state index contributed by atoms with van der Waals surface area (Å²) < 4.78 is 1.98. The minimum Gasteiger partial charge on any atom is -0.310 e. The van der Waals surface area contributed by atoms with Gasteiger partial charge in [0.25, 0.3) is 0 Å². The van der Waals surface area contributed by atoms with Gasteiger partial charge in [0.2, 0.25) is 0 Å². The predicted octanol–water partition coefficient (Wildman–Crippen LogP) is 2.02. The van der Waals surface area contributed by atoms with Crippen molar-refractivity contribution in [2.75, 3.05) is 6.54 Å². The quantitative estimate of drug-likeness (QED) is 0.758. The first kappa shape index (κ1) is 12.8. The standard InChI is InChI=1S/C14H20N4/c1-2-9-15-11-14-16-12-17-18(14)10-8-13-6-4-3-5-7-13/h3-7,12,15H,2,8-11H2,1H3. The number of nitrogens with zero attached hydrogens (tertiary/aromatic N) is 3. The maximum atomic E-state index is 4.29. The molecule has 1 N–H and O–H groups in total. The van der Waals surface area contributed by atoms with E-state index in [0.717, 1.165) is 38.3 Å². The van der Waals surface area contributed by atoms with Crippen LogP contribution in [0.5, 0.6) is 0 Å². The summed E-state index contributed by atoms with van der Waals surface area (Å²) in [5, 5.41) is 7.63. The Bertz CT molecular complexity index is 450. The molecule has 0 spiro atoms. The highest BCUT2D eigenvalue weighted by molar-refractivity contribution is 5.14. The van der Waals surface area contributed by atoms with Crippen LogP contribution in [0.1, 0.15) is 24.7 Å². The lowest BCUT2D eigenvalue weighted by molar-refractivity contribution is 0.548. The highest BCUT2D eigenvalue weighted by atomic mass is 15.3. The smallest absolute Gasteiger partial charge is 0.140 e. The summed E-state index contributed by atoms with van der Waals surface area (Å²) in [5.41, 5.74) is 1.33. The van der Waals surface area contributed by atoms with E-state index >= 15 is 0 Å². The van der Waals surface area contributed by atoms with Crippen LogP contribution in [0.2, 0.25) is 0 Å². The maximum absolute atomic E-state index is 4.29. The molecule has 2 rings (SSSR count). The molecule has 1 heterocycles. The molecular formula is C14H20N4. The van der Waals surface area contributed by atoms with E-state index in [1.165, 1.54) is 5.56 Å². The van der Waals surface area contributed by atoms with Gasteiger partial charge in [0, 0.05) is 6.54 Å². The second kappa shape index (κ2) is 6.91. The number of nitrogens with one attached hydrogen (secondary N) is 1. The molecule has 4 nitrogen and oxygen atoms in total. The lowest BCUT2D eigenvalue weighted by Gasteiger charge is -2.07. The van der Waals surface area contributed by atoms with Gasteiger partial charge in [-0.25, -0.2) is 9.67 Å². The number of rotatable bonds is 7. The van der Waals surface area contributed by atoms with Crippen LogP contribution < -0.4 is 5.32 Å². The van der Waals surface area contributed by atoms with Crippen LogP contribution >= 0.6 is 0 Å². The van der Waals surface area contributed by atoms with Crippen LogP contribution in [0.25, 0.3) is 0 Å². The molecule has 4 heteroatoms. The molecule has 0 saturated heterocycles. The zero-order chi connectivity index (χ0) is 12.6. The van der Waals surface area contributed by atoms with Crippen molar-refractivity contribution in [3.63, 3.8) is 0 Å². The molecule has 0 atom stereocenters. The van der Waals surface area contributed by atoms with E-state index in [1.54, 1.807) is 6.33 Å². The summed E-state index contributed by atoms with van der Waals surface area (Å²) >= 11 is 0. The summed E-state index contributed by atoms with van der Waals surface area (Å²) in [6.07, 6.45) is 3.76. The molecule has 0 unspecified atom stereocenters. The number of aryl methyl sites for hydroxylation is 2. The van der Waals surface area contributed by atoms with Crippen molar-refractivity contribution in [1.82, 2.24) is 20.1 Å². The lowest BCUT2D eigenvalue weighted by Crippen LogP contribution is -2.18. The van der Waals surface area contributed by atoms with Crippen molar-refractivity contribution in [1.29, 1.82) is 0 Å². The molecule has 0 amide bonds. The van der Waals surface area contributed by atoms with E-state index in [9.17, 15) is 0 Å². The molecule has 96 valence electrons. The largest absolute Gasteiger partial charge is 0.310 e. The van der Waals surface area contributed by atoms with E-state index in [2.05, 4.69) is 46.6 Å². The normalized spacial score (nSPS) is 10.7. The van der Waals surface area contributed by atoms with Gasteiger partial charge >= 0.3 is 0 Å². The second-order valence-electron chi connectivity index (χ2n) is 4.31. The minimum atomic E-state index is 0.794. The first-order valence-corrected chi connectivity index (χ1v) is 6.51. The first-order valence-electron chi connectivity index (χ1n) is 6.51. The Morgan fingerprint density at radius 2 is 2.06 bits per heavy atom. The Hall–Kier alpha value is -1.68. The molecule has 0 aliphatic heterocycles. The summed E-state index contributed by atoms with van der Waals surface area (Å²) in [5.74, 6) is 1.01. The third-order valence-electron chi connectivity index (χ3n) is 2.86. The topological polar surface area (TPSA) is 42.7 Å². The molecule has 18 heavy (non-hydrogen) atoms. The maximum Gasteiger partial charge on any atom is 0.140 e. The van der Waals surface area contributed by atoms with E-state index in [4.69, 9.17) is 0 Å². The summed E-state index contributed by atoms with van der Waals surface area (Å²) in [6.45, 7) is 4.86. The van der Waals surface area contributed by atoms with Crippen LogP contribution in [-0.4, -0.2) is 21.3 Å². The minimum absolute atomic E-state index is 0.794. The molecular weight excluding hydrogens is 224 g/mol. The average molecular weight is 244 g/mol. The van der Waals surface area contributed by atoms with Crippen LogP contribution in [0.15, 0.2) is 36.7 Å². The highest BCUT2D eigenvalue weighted by Crippen LogP contribution is 2.02. The van der Waals surface area contributed by atoms with Gasteiger partial charge in [-0.2, -0.15) is 5.10 Å². The van der Waals surface area contributed by atoms with Gasteiger partial charge in [-0.3, -0.25) is 0 Å². The van der Waals surface area contributed by atoms with Gasteiger partial charge in [0.1, 0.15) is 12.2 Å². The van der Waals surface area contributed by atoms with Gasteiger partial charge in [0.15, 0.2) is 0 Å². The third kappa shape index (κ3) is 3.67. The molecule has 1 aromatic carbocycles. The molecule has 0 aliphatic rings. The van der Waals surface area contributed by atoms with Crippen molar-refractivity contribution in [3.8, 4) is 0 Å². The zero-order valence-electron chi connectivity index (χ0n) is 10.8. The van der Waals surface area contributed by atoms with Crippen LogP contribution in [0, 0.1) is 0 Å². The summed E-state index contributed by atoms with van der Waals surface area (Å²) in [6, 6.07) is 10.5. The van der Waals surface area contributed by atoms with E-state index in [1.807, 2.05) is 10.7 Å². The zero-order valence-corrected chi connectivity index (χ0v) is 10.8. The second-order valence-corrected chi connectivity index (χ2v) is 4.31. The average Bonchev–Trinajstić information content (AvgIpc) is 2.86. The van der Waals surface area contributed by atoms with Gasteiger partial charge in [-0.15, -0.1) is 0 Å². The van der Waals surface area contributed by atoms with Crippen LogP contribution in [0.3, 0.4) is 0 Å². The van der Waals surface area contributed by atoms with E-state index < -0.39 is 0 Å². The number of hydrogen-bond acceptors (Lipinski definition) is 3. The molecule has 0 radical (unpaired) electrons. The Kier molecular flexibility index (Phi) is 4.90. The molecule has 0 saturated carbocycles. The Morgan fingerprint density at radius 3 is 2.83 bits per heavy atom. The van der Waals surface area contributed by atoms with Crippen LogP contribution in [-0.2, 0) is 19.5 Å². The fraction of sp³-hybridized carbons (Fsp3) is 0.429. The SMILES string of the molecule is CCCNCc1ncnn1CCc1ccccc1. The molecule has 1 aromatic heterocycles. The van der Waals surface area contributed by atoms with Gasteiger partial charge < -0.3 is 5.32 Å². The Labute approximate surface area is 108 Å². The monoisotopic (exact) mass is 244 g/mol. The number of hydrogen-bond donors (Lipinski definition) is 1. The molecule has 0 bridgehead atoms. The van der Waals surface area contributed by atoms with E-state index in [0.29, 0.717) is 0 Å². The van der Waals surface area contributed by atoms with E-state index in [-0.39, 0.29) is 0 Å². The predicted molar refractivity (Wildman–Crippen MR) is 72.2 cm³/mol. The molecule has 0 fully saturated rings. The lowest BCUT2D eigenvalue weighted by atomic mass is 10.1. The van der Waals surface area contributed by atoms with Gasteiger partial charge in [-0.1, -0.05) is 37.3 Å². The Balaban J connectivity index is 1.87. The highest BCUT2D eigenvalue weighted by Gasteiger charge is 2.03. The molecule has 0 aliphatic carbocycles. The van der Waals surface area contributed by atoms with Crippen molar-refractivity contribution in [2.45, 2.75) is 32.9 Å². The van der Waals surface area contributed by atoms with Crippen LogP contribution in [0.4, 0.5) is 0 Å². The fourth-order valence-corrected chi connectivity index (χ4v) is 1.87. The number of benzene rings is 1. The third-order valence-corrected chi connectivity index (χ3v) is 2.86. The van der Waals surface area contributed by atoms with Crippen molar-refractivity contribution >= 4 is 0 Å². The van der Waals surface area contributed by atoms with Gasteiger partial charge in [0.05, 0.1) is 6.54 Å². The Morgan fingerprint density at radius 1 is 1.22 bits per heavy atom. The fourth-order valence-electron chi connectivity index (χ4n) is 1.87. The molecule has 2 aromatic rings. The first-order chi connectivity index (χ1) is 8.90. The van der Waals surface area contributed by atoms with Crippen molar-refractivity contribution < 1.29 is 0 Å². The van der Waals surface area contributed by atoms with Gasteiger partial charge in [-0.05, 0) is 24.9 Å². The number of aromatic nitrogens is 3.